The van der Waals surface area contributed by atoms with E-state index in [4.69, 9.17) is 0 Å². The summed E-state index contributed by atoms with van der Waals surface area (Å²) < 4.78 is 3.12. The van der Waals surface area contributed by atoms with Crippen LogP contribution in [0.15, 0.2) is 17.9 Å². The van der Waals surface area contributed by atoms with Crippen LogP contribution in [0.3, 0.4) is 0 Å². The number of Topliss-reactive ketones (excluding diaryl/α,β-unsaturated/α-hetero) is 1. The summed E-state index contributed by atoms with van der Waals surface area (Å²) in [4.78, 5) is 11.1. The molecule has 0 amide bonds. The van der Waals surface area contributed by atoms with Crippen LogP contribution in [0, 0.1) is 0 Å². The van der Waals surface area contributed by atoms with Gasteiger partial charge in [-0.05, 0) is 47.8 Å². The molecule has 1 nitrogen and oxygen atoms in total. The largest absolute Gasteiger partial charge is 0.293 e. The molecule has 0 aromatic carbocycles. The quantitative estimate of drug-likeness (QED) is 0.592. The number of carbonyl (C=O) groups excluding carboxylic acids is 1. The Morgan fingerprint density at radius 2 is 1.45 bits per heavy atom. The molecular weight excluding hydrogens is 408 g/mol. The number of ketones is 1. The Morgan fingerprint density at radius 1 is 0.909 bits per heavy atom. The van der Waals surface area contributed by atoms with Crippen LogP contribution < -0.4 is 0 Å². The fourth-order valence-corrected chi connectivity index (χ4v) is 2.76. The van der Waals surface area contributed by atoms with Crippen LogP contribution in [0.1, 0.15) is 6.42 Å². The molecule has 1 aliphatic carbocycles. The minimum absolute atomic E-state index is 0.0759. The van der Waals surface area contributed by atoms with Crippen molar-refractivity contribution in [3.63, 3.8) is 0 Å². The molecule has 0 aromatic heterocycles. The Morgan fingerprint density at radius 3 is 2.00 bits per heavy atom. The lowest BCUT2D eigenvalue weighted by molar-refractivity contribution is -0.114. The lowest BCUT2D eigenvalue weighted by Crippen LogP contribution is -2.04. The predicted molar refractivity (Wildman–Crippen MR) is 59.4 cm³/mol. The van der Waals surface area contributed by atoms with E-state index in [0.29, 0.717) is 10.9 Å². The summed E-state index contributed by atoms with van der Waals surface area (Å²) in [6.45, 7) is 0. The Balaban J connectivity index is 3.18. The fourth-order valence-electron chi connectivity index (χ4n) is 0.634. The molecule has 0 fully saturated rings. The molecule has 0 atom stereocenters. The summed E-state index contributed by atoms with van der Waals surface area (Å²) in [5, 5.41) is 0. The SMILES string of the molecule is O=C1CC(Br)=C(Br)C(Br)=C1Br. The summed E-state index contributed by atoms with van der Waals surface area (Å²) in [5.74, 6) is 0.0759. The van der Waals surface area contributed by atoms with Crippen LogP contribution >= 0.6 is 63.7 Å². The highest BCUT2D eigenvalue weighted by molar-refractivity contribution is 9.17. The van der Waals surface area contributed by atoms with Gasteiger partial charge in [-0.3, -0.25) is 4.79 Å². The third-order valence-electron chi connectivity index (χ3n) is 1.18. The maximum atomic E-state index is 11.1. The number of rotatable bonds is 0. The number of carbonyl (C=O) groups is 1. The molecule has 0 saturated carbocycles. The van der Waals surface area contributed by atoms with Crippen molar-refractivity contribution in [1.82, 2.24) is 0 Å². The van der Waals surface area contributed by atoms with Crippen molar-refractivity contribution in [3.05, 3.63) is 17.9 Å². The van der Waals surface area contributed by atoms with Gasteiger partial charge in [0.1, 0.15) is 0 Å². The number of hydrogen-bond donors (Lipinski definition) is 0. The second kappa shape index (κ2) is 3.85. The third-order valence-corrected chi connectivity index (χ3v) is 5.96. The highest BCUT2D eigenvalue weighted by atomic mass is 79.9. The van der Waals surface area contributed by atoms with Gasteiger partial charge in [0, 0.05) is 15.4 Å². The zero-order valence-electron chi connectivity index (χ0n) is 5.13. The van der Waals surface area contributed by atoms with E-state index in [-0.39, 0.29) is 5.78 Å². The van der Waals surface area contributed by atoms with Crippen molar-refractivity contribution in [2.24, 2.45) is 0 Å². The topological polar surface area (TPSA) is 17.1 Å². The molecule has 0 N–H and O–H groups in total. The minimum Gasteiger partial charge on any atom is -0.293 e. The van der Waals surface area contributed by atoms with Gasteiger partial charge in [-0.15, -0.1) is 0 Å². The maximum Gasteiger partial charge on any atom is 0.175 e. The monoisotopic (exact) mass is 406 g/mol. The molecule has 5 heteroatoms. The molecule has 0 saturated heterocycles. The molecule has 0 bridgehead atoms. The van der Waals surface area contributed by atoms with Crippen molar-refractivity contribution < 1.29 is 4.79 Å². The van der Waals surface area contributed by atoms with Crippen molar-refractivity contribution in [2.75, 3.05) is 0 Å². The Kier molecular flexibility index (Phi) is 3.56. The lowest BCUT2D eigenvalue weighted by atomic mass is 10.2. The van der Waals surface area contributed by atoms with Gasteiger partial charge in [-0.2, -0.15) is 0 Å². The molecule has 0 spiro atoms. The van der Waals surface area contributed by atoms with Crippen molar-refractivity contribution in [2.45, 2.75) is 6.42 Å². The molecule has 1 aliphatic rings. The first-order valence-corrected chi connectivity index (χ1v) is 5.84. The van der Waals surface area contributed by atoms with E-state index in [1.54, 1.807) is 0 Å². The van der Waals surface area contributed by atoms with Crippen LogP contribution in [-0.4, -0.2) is 5.78 Å². The van der Waals surface area contributed by atoms with Crippen molar-refractivity contribution in [1.29, 1.82) is 0 Å². The van der Waals surface area contributed by atoms with Crippen LogP contribution in [0.5, 0.6) is 0 Å². The van der Waals surface area contributed by atoms with Crippen LogP contribution in [0.25, 0.3) is 0 Å². The molecule has 1 rings (SSSR count). The fraction of sp³-hybridized carbons (Fsp3) is 0.167. The average Bonchev–Trinajstić information content (AvgIpc) is 1.97. The molecule has 11 heavy (non-hydrogen) atoms. The van der Waals surface area contributed by atoms with Gasteiger partial charge in [0.2, 0.25) is 0 Å². The highest BCUT2D eigenvalue weighted by Crippen LogP contribution is 2.40. The number of hydrogen-bond acceptors (Lipinski definition) is 1. The van der Waals surface area contributed by atoms with E-state index in [9.17, 15) is 4.79 Å². The number of halogens is 4. The van der Waals surface area contributed by atoms with Gasteiger partial charge < -0.3 is 0 Å². The second-order valence-electron chi connectivity index (χ2n) is 1.95. The standard InChI is InChI=1S/C6H2Br4O/c7-2-1-3(11)5(9)6(10)4(2)8/h1H2. The minimum atomic E-state index is 0.0759. The molecule has 0 radical (unpaired) electrons. The van der Waals surface area contributed by atoms with Crippen LogP contribution in [0.4, 0.5) is 0 Å². The third kappa shape index (κ3) is 2.05. The summed E-state index contributed by atoms with van der Waals surface area (Å²) in [7, 11) is 0. The van der Waals surface area contributed by atoms with E-state index < -0.39 is 0 Å². The normalized spacial score (nSPS) is 19.8. The van der Waals surface area contributed by atoms with Crippen molar-refractivity contribution >= 4 is 69.5 Å². The first-order chi connectivity index (χ1) is 5.04. The Bertz CT molecular complexity index is 276. The van der Waals surface area contributed by atoms with Gasteiger partial charge in [0.25, 0.3) is 0 Å². The van der Waals surface area contributed by atoms with E-state index >= 15 is 0 Å². The van der Waals surface area contributed by atoms with Gasteiger partial charge in [0.05, 0.1) is 8.96 Å². The van der Waals surface area contributed by atoms with Gasteiger partial charge in [-0.25, -0.2) is 0 Å². The lowest BCUT2D eigenvalue weighted by Gasteiger charge is -2.11. The molecule has 0 heterocycles. The molecule has 0 aliphatic heterocycles. The van der Waals surface area contributed by atoms with E-state index in [1.165, 1.54) is 0 Å². The number of allylic oxidation sites excluding steroid dienone is 4. The second-order valence-corrected chi connectivity index (χ2v) is 5.28. The molecule has 60 valence electrons. The summed E-state index contributed by atoms with van der Waals surface area (Å²) in [5.41, 5.74) is 0. The van der Waals surface area contributed by atoms with E-state index in [1.807, 2.05) is 0 Å². The van der Waals surface area contributed by atoms with Gasteiger partial charge in [0.15, 0.2) is 5.78 Å². The first kappa shape index (κ1) is 10.2. The Labute approximate surface area is 97.8 Å². The first-order valence-electron chi connectivity index (χ1n) is 2.67. The zero-order chi connectivity index (χ0) is 8.59. The summed E-state index contributed by atoms with van der Waals surface area (Å²) in [6.07, 6.45) is 0.413. The van der Waals surface area contributed by atoms with Crippen LogP contribution in [0.2, 0.25) is 0 Å². The average molecular weight is 410 g/mol. The van der Waals surface area contributed by atoms with Gasteiger partial charge in [-0.1, -0.05) is 15.9 Å². The van der Waals surface area contributed by atoms with Gasteiger partial charge >= 0.3 is 0 Å². The highest BCUT2D eigenvalue weighted by Gasteiger charge is 2.21. The zero-order valence-corrected chi connectivity index (χ0v) is 11.5. The Hall–Kier alpha value is 1.07. The predicted octanol–water partition coefficient (Wildman–Crippen LogP) is 3.96. The maximum absolute atomic E-state index is 11.1. The van der Waals surface area contributed by atoms with Crippen LogP contribution in [-0.2, 0) is 4.79 Å². The molecular formula is C6H2Br4O. The van der Waals surface area contributed by atoms with E-state index in [0.717, 1.165) is 13.4 Å². The smallest absolute Gasteiger partial charge is 0.175 e. The van der Waals surface area contributed by atoms with Crippen molar-refractivity contribution in [3.8, 4) is 0 Å². The molecule has 0 aromatic rings. The molecule has 0 unspecified atom stereocenters. The summed E-state index contributed by atoms with van der Waals surface area (Å²) >= 11 is 13.1. The van der Waals surface area contributed by atoms with E-state index in [2.05, 4.69) is 63.7 Å². The summed E-state index contributed by atoms with van der Waals surface area (Å²) in [6, 6.07) is 0.